The number of pyridine rings is 1. The summed E-state index contributed by atoms with van der Waals surface area (Å²) in [4.78, 5) is 27.0. The normalized spacial score (nSPS) is 17.6. The van der Waals surface area contributed by atoms with Crippen molar-refractivity contribution in [2.45, 2.75) is 12.5 Å². The molecule has 3 aromatic heterocycles. The molecule has 0 aliphatic carbocycles. The summed E-state index contributed by atoms with van der Waals surface area (Å²) < 4.78 is 1.55. The molecule has 23 heavy (non-hydrogen) atoms. The van der Waals surface area contributed by atoms with Gasteiger partial charge in [-0.15, -0.1) is 0 Å². The third-order valence-electron chi connectivity index (χ3n) is 4.00. The first-order chi connectivity index (χ1) is 11.3. The van der Waals surface area contributed by atoms with E-state index in [0.717, 1.165) is 31.1 Å². The maximum Gasteiger partial charge on any atom is 0.259 e. The zero-order valence-corrected chi connectivity index (χ0v) is 12.5. The molecule has 0 amide bonds. The van der Waals surface area contributed by atoms with Gasteiger partial charge in [-0.25, -0.2) is 15.0 Å². The second-order valence-corrected chi connectivity index (χ2v) is 5.55. The number of rotatable bonds is 3. The molecule has 1 fully saturated rings. The lowest BCUT2D eigenvalue weighted by atomic mass is 10.2. The predicted octanol–water partition coefficient (Wildman–Crippen LogP) is 1.18. The maximum atomic E-state index is 12.2. The van der Waals surface area contributed by atoms with E-state index in [9.17, 15) is 4.79 Å². The van der Waals surface area contributed by atoms with Gasteiger partial charge >= 0.3 is 0 Å². The van der Waals surface area contributed by atoms with Gasteiger partial charge in [0.1, 0.15) is 23.6 Å². The summed E-state index contributed by atoms with van der Waals surface area (Å²) in [6.07, 6.45) is 5.95. The quantitative estimate of drug-likeness (QED) is 0.783. The van der Waals surface area contributed by atoms with Gasteiger partial charge in [-0.2, -0.15) is 0 Å². The van der Waals surface area contributed by atoms with Crippen molar-refractivity contribution in [3.63, 3.8) is 0 Å². The first kappa shape index (κ1) is 13.7. The molecule has 1 unspecified atom stereocenters. The Morgan fingerprint density at radius 1 is 1.26 bits per heavy atom. The molecular weight excluding hydrogens is 292 g/mol. The van der Waals surface area contributed by atoms with Crippen LogP contribution in [0.15, 0.2) is 53.8 Å². The summed E-state index contributed by atoms with van der Waals surface area (Å²) in [6.45, 7) is 1.65. The molecular formula is C16H16N6O. The molecule has 0 radical (unpaired) electrons. The molecule has 1 aliphatic heterocycles. The molecule has 0 bridgehead atoms. The summed E-state index contributed by atoms with van der Waals surface area (Å²) >= 11 is 0. The minimum atomic E-state index is -0.0576. The highest BCUT2D eigenvalue weighted by molar-refractivity contribution is 5.49. The fourth-order valence-electron chi connectivity index (χ4n) is 2.87. The van der Waals surface area contributed by atoms with Crippen molar-refractivity contribution in [2.24, 2.45) is 0 Å². The third kappa shape index (κ3) is 2.73. The molecule has 0 spiro atoms. The Balaban J connectivity index is 1.55. The number of hydrogen-bond acceptors (Lipinski definition) is 6. The molecule has 4 rings (SSSR count). The Morgan fingerprint density at radius 3 is 3.09 bits per heavy atom. The van der Waals surface area contributed by atoms with Crippen LogP contribution in [0.2, 0.25) is 0 Å². The SMILES string of the molecule is O=c1cc(N2CCC(Nc3ccncn3)C2)nc2ccccn12. The number of aromatic nitrogens is 4. The van der Waals surface area contributed by atoms with E-state index in [0.29, 0.717) is 5.65 Å². The van der Waals surface area contributed by atoms with Crippen LogP contribution < -0.4 is 15.8 Å². The summed E-state index contributed by atoms with van der Waals surface area (Å²) in [5.41, 5.74) is 0.611. The van der Waals surface area contributed by atoms with Crippen LogP contribution in [-0.2, 0) is 0 Å². The number of nitrogens with one attached hydrogen (secondary N) is 1. The fourth-order valence-corrected chi connectivity index (χ4v) is 2.87. The Labute approximate surface area is 132 Å². The number of nitrogens with zero attached hydrogens (tertiary/aromatic N) is 5. The molecule has 1 N–H and O–H groups in total. The zero-order chi connectivity index (χ0) is 15.6. The van der Waals surface area contributed by atoms with Crippen LogP contribution in [0.25, 0.3) is 5.65 Å². The van der Waals surface area contributed by atoms with E-state index in [1.54, 1.807) is 22.9 Å². The van der Waals surface area contributed by atoms with Crippen LogP contribution in [0, 0.1) is 0 Å². The maximum absolute atomic E-state index is 12.2. The largest absolute Gasteiger partial charge is 0.365 e. The van der Waals surface area contributed by atoms with Gasteiger partial charge in [-0.1, -0.05) is 6.07 Å². The molecule has 0 saturated carbocycles. The minimum Gasteiger partial charge on any atom is -0.365 e. The van der Waals surface area contributed by atoms with Crippen LogP contribution in [0.4, 0.5) is 11.6 Å². The van der Waals surface area contributed by atoms with Gasteiger partial charge in [-0.05, 0) is 24.6 Å². The van der Waals surface area contributed by atoms with Gasteiger partial charge in [0, 0.05) is 37.6 Å². The number of hydrogen-bond donors (Lipinski definition) is 1. The molecule has 1 atom stereocenters. The van der Waals surface area contributed by atoms with Crippen molar-refractivity contribution in [2.75, 3.05) is 23.3 Å². The van der Waals surface area contributed by atoms with Crippen molar-refractivity contribution < 1.29 is 0 Å². The standard InChI is InChI=1S/C16H16N6O/c23-16-9-15(20-14-3-1-2-7-22(14)16)21-8-5-12(10-21)19-13-4-6-17-11-18-13/h1-4,6-7,9,11-12H,5,8,10H2,(H,17,18,19). The fraction of sp³-hybridized carbons (Fsp3) is 0.250. The van der Waals surface area contributed by atoms with E-state index in [1.807, 2.05) is 24.3 Å². The van der Waals surface area contributed by atoms with Gasteiger partial charge in [0.05, 0.1) is 0 Å². The highest BCUT2D eigenvalue weighted by Crippen LogP contribution is 2.19. The Bertz CT molecular complexity index is 878. The van der Waals surface area contributed by atoms with Gasteiger partial charge in [0.15, 0.2) is 0 Å². The van der Waals surface area contributed by atoms with Crippen molar-refractivity contribution in [1.29, 1.82) is 0 Å². The minimum absolute atomic E-state index is 0.0576. The van der Waals surface area contributed by atoms with E-state index in [-0.39, 0.29) is 11.6 Å². The Hall–Kier alpha value is -2.96. The van der Waals surface area contributed by atoms with Crippen molar-refractivity contribution in [3.05, 3.63) is 59.4 Å². The van der Waals surface area contributed by atoms with Crippen LogP contribution in [0.1, 0.15) is 6.42 Å². The van der Waals surface area contributed by atoms with Crippen LogP contribution in [0.5, 0.6) is 0 Å². The molecule has 3 aromatic rings. The molecule has 1 aliphatic rings. The second kappa shape index (κ2) is 5.68. The highest BCUT2D eigenvalue weighted by Gasteiger charge is 2.24. The van der Waals surface area contributed by atoms with E-state index in [4.69, 9.17) is 0 Å². The van der Waals surface area contributed by atoms with Crippen molar-refractivity contribution >= 4 is 17.3 Å². The van der Waals surface area contributed by atoms with E-state index < -0.39 is 0 Å². The van der Waals surface area contributed by atoms with Gasteiger partial charge < -0.3 is 10.2 Å². The molecule has 7 heteroatoms. The first-order valence-corrected chi connectivity index (χ1v) is 7.55. The van der Waals surface area contributed by atoms with E-state index >= 15 is 0 Å². The van der Waals surface area contributed by atoms with E-state index in [1.165, 1.54) is 6.33 Å². The first-order valence-electron chi connectivity index (χ1n) is 7.55. The zero-order valence-electron chi connectivity index (χ0n) is 12.5. The topological polar surface area (TPSA) is 75.4 Å². The average molecular weight is 308 g/mol. The molecule has 7 nitrogen and oxygen atoms in total. The van der Waals surface area contributed by atoms with Gasteiger partial charge in [0.2, 0.25) is 0 Å². The third-order valence-corrected chi connectivity index (χ3v) is 4.00. The van der Waals surface area contributed by atoms with Crippen LogP contribution in [0.3, 0.4) is 0 Å². The van der Waals surface area contributed by atoms with Crippen molar-refractivity contribution in [3.8, 4) is 0 Å². The summed E-state index contributed by atoms with van der Waals surface area (Å²) in [6, 6.07) is 9.28. The van der Waals surface area contributed by atoms with Gasteiger partial charge in [-0.3, -0.25) is 9.20 Å². The lowest BCUT2D eigenvalue weighted by Gasteiger charge is -2.18. The Kier molecular flexibility index (Phi) is 3.38. The Morgan fingerprint density at radius 2 is 2.22 bits per heavy atom. The van der Waals surface area contributed by atoms with Crippen molar-refractivity contribution in [1.82, 2.24) is 19.4 Å². The molecule has 116 valence electrons. The summed E-state index contributed by atoms with van der Waals surface area (Å²) in [7, 11) is 0. The number of fused-ring (bicyclic) bond motifs is 1. The smallest absolute Gasteiger partial charge is 0.259 e. The molecule has 0 aromatic carbocycles. The summed E-state index contributed by atoms with van der Waals surface area (Å²) in [5.74, 6) is 1.55. The summed E-state index contributed by atoms with van der Waals surface area (Å²) in [5, 5.41) is 3.39. The van der Waals surface area contributed by atoms with Gasteiger partial charge in [0.25, 0.3) is 5.56 Å². The number of anilines is 2. The van der Waals surface area contributed by atoms with Crippen LogP contribution >= 0.6 is 0 Å². The second-order valence-electron chi connectivity index (χ2n) is 5.55. The predicted molar refractivity (Wildman–Crippen MR) is 87.7 cm³/mol. The monoisotopic (exact) mass is 308 g/mol. The van der Waals surface area contributed by atoms with E-state index in [2.05, 4.69) is 25.2 Å². The molecule has 1 saturated heterocycles. The lowest BCUT2D eigenvalue weighted by molar-refractivity contribution is 0.798. The lowest BCUT2D eigenvalue weighted by Crippen LogP contribution is -2.28. The highest BCUT2D eigenvalue weighted by atomic mass is 16.1. The van der Waals surface area contributed by atoms with Crippen LogP contribution in [-0.4, -0.2) is 38.5 Å². The average Bonchev–Trinajstić information content (AvgIpc) is 3.04. The molecule has 4 heterocycles.